The summed E-state index contributed by atoms with van der Waals surface area (Å²) in [6, 6.07) is 10.7. The largest absolute Gasteiger partial charge is 0.493 e. The van der Waals surface area contributed by atoms with Crippen LogP contribution < -0.4 is 14.8 Å². The van der Waals surface area contributed by atoms with Crippen LogP contribution in [-0.2, 0) is 9.53 Å². The van der Waals surface area contributed by atoms with E-state index in [2.05, 4.69) is 19.2 Å². The van der Waals surface area contributed by atoms with Crippen LogP contribution in [0.4, 0.5) is 5.69 Å². The summed E-state index contributed by atoms with van der Waals surface area (Å²) in [4.78, 5) is 25.2. The van der Waals surface area contributed by atoms with Crippen molar-refractivity contribution < 1.29 is 23.8 Å². The molecular weight excluding hydrogens is 382 g/mol. The fraction of sp³-hybridized carbons (Fsp3) is 0.417. The van der Waals surface area contributed by atoms with Crippen LogP contribution in [0.25, 0.3) is 0 Å². The second-order valence-corrected chi connectivity index (χ2v) is 7.76. The maximum Gasteiger partial charge on any atom is 0.339 e. The lowest BCUT2D eigenvalue weighted by Gasteiger charge is -2.19. The Bertz CT molecular complexity index is 904. The van der Waals surface area contributed by atoms with Crippen LogP contribution in [0.1, 0.15) is 62.0 Å². The van der Waals surface area contributed by atoms with Gasteiger partial charge in [0.2, 0.25) is 0 Å². The lowest BCUT2D eigenvalue weighted by molar-refractivity contribution is -0.123. The van der Waals surface area contributed by atoms with E-state index in [1.165, 1.54) is 7.11 Å². The molecule has 2 aromatic carbocycles. The Morgan fingerprint density at radius 1 is 0.967 bits per heavy atom. The Labute approximate surface area is 178 Å². The summed E-state index contributed by atoms with van der Waals surface area (Å²) in [5.41, 5.74) is 3.03. The minimum atomic E-state index is -0.963. The van der Waals surface area contributed by atoms with Crippen LogP contribution >= 0.6 is 0 Å². The topological polar surface area (TPSA) is 73.9 Å². The number of aryl methyl sites for hydroxylation is 1. The molecular formula is C24H31NO5. The van der Waals surface area contributed by atoms with Crippen molar-refractivity contribution in [3.8, 4) is 11.5 Å². The Morgan fingerprint density at radius 2 is 1.67 bits per heavy atom. The smallest absolute Gasteiger partial charge is 0.339 e. The maximum absolute atomic E-state index is 12.7. The number of benzene rings is 2. The molecule has 1 amide bonds. The van der Waals surface area contributed by atoms with E-state index in [0.29, 0.717) is 11.5 Å². The average Bonchev–Trinajstić information content (AvgIpc) is 2.68. The number of hydrogen-bond acceptors (Lipinski definition) is 5. The number of hydrogen-bond donors (Lipinski definition) is 1. The van der Waals surface area contributed by atoms with Gasteiger partial charge in [0.05, 0.1) is 18.8 Å². The number of para-hydroxylation sites is 1. The van der Waals surface area contributed by atoms with Gasteiger partial charge in [-0.15, -0.1) is 0 Å². The van der Waals surface area contributed by atoms with Crippen molar-refractivity contribution in [3.05, 3.63) is 53.1 Å². The molecule has 0 aromatic heterocycles. The number of methoxy groups -OCH3 is 1. The van der Waals surface area contributed by atoms with E-state index in [4.69, 9.17) is 14.2 Å². The van der Waals surface area contributed by atoms with Gasteiger partial charge in [-0.1, -0.05) is 32.0 Å². The van der Waals surface area contributed by atoms with Gasteiger partial charge in [-0.05, 0) is 62.9 Å². The van der Waals surface area contributed by atoms with Crippen molar-refractivity contribution in [1.29, 1.82) is 0 Å². The third-order valence-electron chi connectivity index (χ3n) is 4.59. The van der Waals surface area contributed by atoms with Gasteiger partial charge in [0, 0.05) is 5.69 Å². The number of ether oxygens (including phenoxy) is 3. The summed E-state index contributed by atoms with van der Waals surface area (Å²) in [6.07, 6.45) is -0.993. The first-order valence-corrected chi connectivity index (χ1v) is 10.1. The minimum absolute atomic E-state index is 0.0300. The zero-order chi connectivity index (χ0) is 22.4. The van der Waals surface area contributed by atoms with Crippen molar-refractivity contribution in [2.24, 2.45) is 0 Å². The van der Waals surface area contributed by atoms with E-state index in [-0.39, 0.29) is 23.5 Å². The number of carbonyl (C=O) groups is 2. The van der Waals surface area contributed by atoms with Crippen molar-refractivity contribution in [1.82, 2.24) is 0 Å². The zero-order valence-electron chi connectivity index (χ0n) is 18.7. The molecule has 0 saturated carbocycles. The normalized spacial score (nSPS) is 11.9. The summed E-state index contributed by atoms with van der Waals surface area (Å²) >= 11 is 0. The SMILES string of the molecule is COc1cc(C(=O)OC(C)C(=O)Nc2c(C)cccc2C(C)C)ccc1OC(C)C. The summed E-state index contributed by atoms with van der Waals surface area (Å²) in [5.74, 6) is 0.219. The predicted molar refractivity (Wildman–Crippen MR) is 118 cm³/mol. The van der Waals surface area contributed by atoms with Crippen LogP contribution in [0.2, 0.25) is 0 Å². The molecule has 0 fully saturated rings. The van der Waals surface area contributed by atoms with Crippen molar-refractivity contribution in [3.63, 3.8) is 0 Å². The lowest BCUT2D eigenvalue weighted by Crippen LogP contribution is -2.30. The molecule has 0 aliphatic carbocycles. The van der Waals surface area contributed by atoms with Gasteiger partial charge in [0.25, 0.3) is 5.91 Å². The highest BCUT2D eigenvalue weighted by molar-refractivity contribution is 5.98. The fourth-order valence-electron chi connectivity index (χ4n) is 3.00. The first kappa shape index (κ1) is 23.3. The predicted octanol–water partition coefficient (Wildman–Crippen LogP) is 5.10. The van der Waals surface area contributed by atoms with E-state index in [0.717, 1.165) is 16.8 Å². The summed E-state index contributed by atoms with van der Waals surface area (Å²) in [5, 5.41) is 2.91. The van der Waals surface area contributed by atoms with E-state index in [1.54, 1.807) is 25.1 Å². The number of nitrogens with one attached hydrogen (secondary N) is 1. The van der Waals surface area contributed by atoms with Gasteiger partial charge >= 0.3 is 5.97 Å². The minimum Gasteiger partial charge on any atom is -0.493 e. The molecule has 0 aliphatic rings. The van der Waals surface area contributed by atoms with Gasteiger partial charge in [0.15, 0.2) is 17.6 Å². The lowest BCUT2D eigenvalue weighted by atomic mass is 9.98. The van der Waals surface area contributed by atoms with E-state index >= 15 is 0 Å². The third kappa shape index (κ3) is 5.75. The van der Waals surface area contributed by atoms with Gasteiger partial charge in [-0.25, -0.2) is 4.79 Å². The number of carbonyl (C=O) groups excluding carboxylic acids is 2. The monoisotopic (exact) mass is 413 g/mol. The van der Waals surface area contributed by atoms with Crippen LogP contribution in [0.3, 0.4) is 0 Å². The van der Waals surface area contributed by atoms with Crippen LogP contribution in [0, 0.1) is 6.92 Å². The Hall–Kier alpha value is -3.02. The molecule has 1 unspecified atom stereocenters. The molecule has 6 nitrogen and oxygen atoms in total. The highest BCUT2D eigenvalue weighted by Crippen LogP contribution is 2.30. The first-order chi connectivity index (χ1) is 14.1. The van der Waals surface area contributed by atoms with Gasteiger partial charge in [-0.3, -0.25) is 4.79 Å². The van der Waals surface area contributed by atoms with E-state index < -0.39 is 12.1 Å². The Balaban J connectivity index is 2.12. The van der Waals surface area contributed by atoms with Crippen molar-refractivity contribution >= 4 is 17.6 Å². The Kier molecular flexibility index (Phi) is 7.86. The number of esters is 1. The third-order valence-corrected chi connectivity index (χ3v) is 4.59. The highest BCUT2D eigenvalue weighted by Gasteiger charge is 2.22. The molecule has 0 spiro atoms. The summed E-state index contributed by atoms with van der Waals surface area (Å²) < 4.78 is 16.3. The molecule has 30 heavy (non-hydrogen) atoms. The van der Waals surface area contributed by atoms with Crippen LogP contribution in [-0.4, -0.2) is 31.2 Å². The van der Waals surface area contributed by atoms with Gasteiger partial charge < -0.3 is 19.5 Å². The van der Waals surface area contributed by atoms with E-state index in [1.807, 2.05) is 39.0 Å². The maximum atomic E-state index is 12.7. The Morgan fingerprint density at radius 3 is 2.27 bits per heavy atom. The van der Waals surface area contributed by atoms with Crippen molar-refractivity contribution in [2.75, 3.05) is 12.4 Å². The van der Waals surface area contributed by atoms with Crippen molar-refractivity contribution in [2.45, 2.75) is 59.7 Å². The van der Waals surface area contributed by atoms with Gasteiger partial charge in [-0.2, -0.15) is 0 Å². The second kappa shape index (κ2) is 10.1. The quantitative estimate of drug-likeness (QED) is 0.610. The molecule has 0 saturated heterocycles. The summed E-state index contributed by atoms with van der Waals surface area (Å²) in [7, 11) is 1.50. The van der Waals surface area contributed by atoms with Crippen LogP contribution in [0.15, 0.2) is 36.4 Å². The summed E-state index contributed by atoms with van der Waals surface area (Å²) in [6.45, 7) is 11.4. The first-order valence-electron chi connectivity index (χ1n) is 10.1. The number of anilines is 1. The molecule has 162 valence electrons. The second-order valence-electron chi connectivity index (χ2n) is 7.76. The molecule has 2 rings (SSSR count). The van der Waals surface area contributed by atoms with Gasteiger partial charge in [0.1, 0.15) is 0 Å². The molecule has 0 aliphatic heterocycles. The number of amides is 1. The molecule has 0 radical (unpaired) electrons. The molecule has 1 atom stereocenters. The zero-order valence-corrected chi connectivity index (χ0v) is 18.7. The molecule has 2 aromatic rings. The molecule has 1 N–H and O–H groups in total. The highest BCUT2D eigenvalue weighted by atomic mass is 16.5. The van der Waals surface area contributed by atoms with E-state index in [9.17, 15) is 9.59 Å². The number of rotatable bonds is 8. The fourth-order valence-corrected chi connectivity index (χ4v) is 3.00. The molecule has 0 bridgehead atoms. The molecule has 0 heterocycles. The van der Waals surface area contributed by atoms with Crippen LogP contribution in [0.5, 0.6) is 11.5 Å². The standard InChI is InChI=1S/C24H31NO5/c1-14(2)19-10-8-9-16(5)22(19)25-23(26)17(6)30-24(27)18-11-12-20(29-15(3)4)21(13-18)28-7/h8-15,17H,1-7H3,(H,25,26). The molecule has 6 heteroatoms. The average molecular weight is 414 g/mol.